The van der Waals surface area contributed by atoms with Gasteiger partial charge in [-0.1, -0.05) is 30.3 Å². The SMILES string of the molecule is N#CC1=C(N)Oc2n[nH]c(-c3ccccc3)c2[C@@H]1c1cc(Br)cs1. The summed E-state index contributed by atoms with van der Waals surface area (Å²) in [4.78, 5) is 1.00. The van der Waals surface area contributed by atoms with Gasteiger partial charge in [0.05, 0.1) is 17.2 Å². The normalized spacial score (nSPS) is 16.4. The quantitative estimate of drug-likeness (QED) is 0.679. The molecule has 5 nitrogen and oxygen atoms in total. The Hall–Kier alpha value is -2.56. The fourth-order valence-corrected chi connectivity index (χ4v) is 4.40. The highest BCUT2D eigenvalue weighted by molar-refractivity contribution is 9.10. The fraction of sp³-hybridized carbons (Fsp3) is 0.0588. The summed E-state index contributed by atoms with van der Waals surface area (Å²) in [6, 6.07) is 14.0. The van der Waals surface area contributed by atoms with E-state index in [4.69, 9.17) is 10.5 Å². The van der Waals surface area contributed by atoms with E-state index in [1.165, 1.54) is 0 Å². The van der Waals surface area contributed by atoms with Crippen molar-refractivity contribution < 1.29 is 4.74 Å². The number of H-pyrrole nitrogens is 1. The zero-order valence-electron chi connectivity index (χ0n) is 12.3. The van der Waals surface area contributed by atoms with Crippen LogP contribution in [0.1, 0.15) is 16.4 Å². The Labute approximate surface area is 150 Å². The molecule has 0 amide bonds. The third-order valence-electron chi connectivity index (χ3n) is 3.87. The summed E-state index contributed by atoms with van der Waals surface area (Å²) in [5.41, 5.74) is 9.01. The van der Waals surface area contributed by atoms with Crippen LogP contribution < -0.4 is 10.5 Å². The molecule has 1 atom stereocenters. The molecule has 1 aliphatic heterocycles. The van der Waals surface area contributed by atoms with E-state index in [-0.39, 0.29) is 11.8 Å². The molecule has 0 saturated carbocycles. The molecular weight excluding hydrogens is 388 g/mol. The zero-order chi connectivity index (χ0) is 16.7. The van der Waals surface area contributed by atoms with E-state index in [2.05, 4.69) is 32.2 Å². The predicted molar refractivity (Wildman–Crippen MR) is 95.3 cm³/mol. The largest absolute Gasteiger partial charge is 0.420 e. The summed E-state index contributed by atoms with van der Waals surface area (Å²) in [7, 11) is 0. The number of aromatic nitrogens is 2. The Morgan fingerprint density at radius 3 is 2.79 bits per heavy atom. The van der Waals surface area contributed by atoms with Gasteiger partial charge in [0.2, 0.25) is 11.8 Å². The first kappa shape index (κ1) is 15.0. The molecule has 118 valence electrons. The van der Waals surface area contributed by atoms with Crippen molar-refractivity contribution in [2.75, 3.05) is 0 Å². The van der Waals surface area contributed by atoms with Gasteiger partial charge in [-0.2, -0.15) is 5.26 Å². The van der Waals surface area contributed by atoms with Crippen LogP contribution in [0.3, 0.4) is 0 Å². The predicted octanol–water partition coefficient (Wildman–Crippen LogP) is 4.12. The van der Waals surface area contributed by atoms with Crippen LogP contribution in [0.5, 0.6) is 5.88 Å². The van der Waals surface area contributed by atoms with Crippen LogP contribution >= 0.6 is 27.3 Å². The molecule has 2 aromatic heterocycles. The van der Waals surface area contributed by atoms with Crippen molar-refractivity contribution in [3.05, 3.63) is 68.1 Å². The Morgan fingerprint density at radius 2 is 2.12 bits per heavy atom. The van der Waals surface area contributed by atoms with Crippen molar-refractivity contribution in [1.29, 1.82) is 5.26 Å². The van der Waals surface area contributed by atoms with Gasteiger partial charge in [0.15, 0.2) is 0 Å². The molecule has 0 bridgehead atoms. The lowest BCUT2D eigenvalue weighted by atomic mass is 9.87. The summed E-state index contributed by atoms with van der Waals surface area (Å²) < 4.78 is 6.55. The second-order valence-electron chi connectivity index (χ2n) is 5.28. The molecule has 24 heavy (non-hydrogen) atoms. The lowest BCUT2D eigenvalue weighted by Crippen LogP contribution is -2.20. The molecule has 7 heteroatoms. The average molecular weight is 399 g/mol. The van der Waals surface area contributed by atoms with E-state index >= 15 is 0 Å². The smallest absolute Gasteiger partial charge is 0.244 e. The van der Waals surface area contributed by atoms with Crippen LogP contribution in [-0.4, -0.2) is 10.2 Å². The zero-order valence-corrected chi connectivity index (χ0v) is 14.7. The number of halogens is 1. The van der Waals surface area contributed by atoms with Crippen molar-refractivity contribution in [1.82, 2.24) is 10.2 Å². The number of allylic oxidation sites excluding steroid dienone is 1. The third-order valence-corrected chi connectivity index (χ3v) is 5.63. The van der Waals surface area contributed by atoms with Gasteiger partial charge in [-0.05, 0) is 27.6 Å². The lowest BCUT2D eigenvalue weighted by Gasteiger charge is -2.22. The monoisotopic (exact) mass is 398 g/mol. The second-order valence-corrected chi connectivity index (χ2v) is 7.13. The first-order valence-electron chi connectivity index (χ1n) is 7.14. The van der Waals surface area contributed by atoms with Gasteiger partial charge in [-0.3, -0.25) is 5.10 Å². The molecule has 0 aliphatic carbocycles. The standard InChI is InChI=1S/C17H11BrN4OS/c18-10-6-12(24-8-10)13-11(7-19)16(20)23-17-14(13)15(21-22-17)9-4-2-1-3-5-9/h1-6,8,13H,20H2,(H,21,22)/t13-/m0/s1. The van der Waals surface area contributed by atoms with Gasteiger partial charge < -0.3 is 10.5 Å². The summed E-state index contributed by atoms with van der Waals surface area (Å²) in [5.74, 6) is 0.217. The van der Waals surface area contributed by atoms with E-state index in [1.54, 1.807) is 11.3 Å². The number of nitrogens with one attached hydrogen (secondary N) is 1. The van der Waals surface area contributed by atoms with Crippen LogP contribution in [0.15, 0.2) is 57.7 Å². The summed E-state index contributed by atoms with van der Waals surface area (Å²) >= 11 is 5.04. The minimum Gasteiger partial charge on any atom is -0.420 e. The number of hydrogen-bond donors (Lipinski definition) is 2. The first-order chi connectivity index (χ1) is 11.7. The number of nitriles is 1. The minimum absolute atomic E-state index is 0.102. The molecule has 0 unspecified atom stereocenters. The molecule has 3 N–H and O–H groups in total. The van der Waals surface area contributed by atoms with Crippen molar-refractivity contribution >= 4 is 27.3 Å². The Kier molecular flexibility index (Phi) is 3.63. The molecule has 0 radical (unpaired) electrons. The van der Waals surface area contributed by atoms with Gasteiger partial charge in [0.25, 0.3) is 0 Å². The average Bonchev–Trinajstić information content (AvgIpc) is 3.20. The van der Waals surface area contributed by atoms with E-state index < -0.39 is 0 Å². The third kappa shape index (κ3) is 2.31. The number of hydrogen-bond acceptors (Lipinski definition) is 5. The number of fused-ring (bicyclic) bond motifs is 1. The first-order valence-corrected chi connectivity index (χ1v) is 8.81. The van der Waals surface area contributed by atoms with E-state index in [9.17, 15) is 5.26 Å². The van der Waals surface area contributed by atoms with Gasteiger partial charge in [0.1, 0.15) is 11.6 Å². The minimum atomic E-state index is -0.302. The van der Waals surface area contributed by atoms with Crippen LogP contribution in [0.25, 0.3) is 11.3 Å². The van der Waals surface area contributed by atoms with E-state index in [1.807, 2.05) is 41.8 Å². The van der Waals surface area contributed by atoms with Crippen LogP contribution in [-0.2, 0) is 0 Å². The Bertz CT molecular complexity index is 984. The molecule has 0 spiro atoms. The number of ether oxygens (including phenoxy) is 1. The topological polar surface area (TPSA) is 87.7 Å². The number of benzene rings is 1. The second kappa shape index (κ2) is 5.82. The van der Waals surface area contributed by atoms with Gasteiger partial charge in [-0.15, -0.1) is 16.4 Å². The van der Waals surface area contributed by atoms with E-state index in [0.29, 0.717) is 11.5 Å². The highest BCUT2D eigenvalue weighted by Crippen LogP contribution is 2.47. The lowest BCUT2D eigenvalue weighted by molar-refractivity contribution is 0.379. The van der Waals surface area contributed by atoms with Gasteiger partial charge >= 0.3 is 0 Å². The highest BCUT2D eigenvalue weighted by atomic mass is 79.9. The maximum atomic E-state index is 9.62. The number of rotatable bonds is 2. The van der Waals surface area contributed by atoms with Crippen LogP contribution in [0.2, 0.25) is 0 Å². The van der Waals surface area contributed by atoms with Crippen molar-refractivity contribution in [2.24, 2.45) is 5.73 Å². The summed E-state index contributed by atoms with van der Waals surface area (Å²) in [6.07, 6.45) is 0. The number of thiophene rings is 1. The molecule has 1 aromatic carbocycles. The van der Waals surface area contributed by atoms with Gasteiger partial charge in [0, 0.05) is 14.7 Å². The van der Waals surface area contributed by atoms with Crippen molar-refractivity contribution in [3.63, 3.8) is 0 Å². The van der Waals surface area contributed by atoms with Crippen molar-refractivity contribution in [3.8, 4) is 23.2 Å². The number of nitrogens with zero attached hydrogens (tertiary/aromatic N) is 2. The molecule has 3 heterocycles. The molecule has 0 saturated heterocycles. The molecule has 1 aliphatic rings. The van der Waals surface area contributed by atoms with E-state index in [0.717, 1.165) is 26.2 Å². The Morgan fingerprint density at radius 1 is 1.33 bits per heavy atom. The molecule has 3 aromatic rings. The summed E-state index contributed by atoms with van der Waals surface area (Å²) in [5, 5.41) is 18.9. The maximum absolute atomic E-state index is 9.62. The molecule has 4 rings (SSSR count). The fourth-order valence-electron chi connectivity index (χ4n) is 2.83. The highest BCUT2D eigenvalue weighted by Gasteiger charge is 2.36. The molecule has 0 fully saturated rings. The Balaban J connectivity index is 1.96. The van der Waals surface area contributed by atoms with Crippen LogP contribution in [0, 0.1) is 11.3 Å². The van der Waals surface area contributed by atoms with Crippen LogP contribution in [0.4, 0.5) is 0 Å². The number of aromatic amines is 1. The van der Waals surface area contributed by atoms with Gasteiger partial charge in [-0.25, -0.2) is 0 Å². The molecular formula is C17H11BrN4OS. The summed E-state index contributed by atoms with van der Waals surface area (Å²) in [6.45, 7) is 0. The van der Waals surface area contributed by atoms with Crippen molar-refractivity contribution in [2.45, 2.75) is 5.92 Å². The number of nitrogens with two attached hydrogens (primary N) is 1. The maximum Gasteiger partial charge on any atom is 0.244 e.